The Morgan fingerprint density at radius 1 is 1.21 bits per heavy atom. The average Bonchev–Trinajstić information content (AvgIpc) is 2.39. The van der Waals surface area contributed by atoms with Gasteiger partial charge in [-0.2, -0.15) is 0 Å². The van der Waals surface area contributed by atoms with Gasteiger partial charge < -0.3 is 10.5 Å². The molecule has 0 atom stereocenters. The summed E-state index contributed by atoms with van der Waals surface area (Å²) in [6.45, 7) is 4.03. The molecule has 0 saturated heterocycles. The molecule has 1 aromatic carbocycles. The Kier molecular flexibility index (Phi) is 4.00. The molecule has 0 spiro atoms. The molecule has 0 fully saturated rings. The second kappa shape index (κ2) is 5.69. The molecular weight excluding hydrogens is 238 g/mol. The van der Waals surface area contributed by atoms with Crippen molar-refractivity contribution < 1.29 is 4.74 Å². The van der Waals surface area contributed by atoms with E-state index in [0.717, 1.165) is 34.8 Å². The van der Waals surface area contributed by atoms with Crippen LogP contribution >= 0.6 is 0 Å². The third-order valence-electron chi connectivity index (χ3n) is 3.19. The molecule has 1 heterocycles. The number of ether oxygens (including phenoxy) is 1. The van der Waals surface area contributed by atoms with Crippen LogP contribution in [0.25, 0.3) is 0 Å². The SMILES string of the molecule is CCc1c(C)nc(Cc2ccccc2OC)nc1N. The van der Waals surface area contributed by atoms with E-state index < -0.39 is 0 Å². The summed E-state index contributed by atoms with van der Waals surface area (Å²) in [7, 11) is 1.67. The molecule has 0 aliphatic heterocycles. The van der Waals surface area contributed by atoms with Gasteiger partial charge in [-0.25, -0.2) is 9.97 Å². The molecule has 2 rings (SSSR count). The zero-order valence-corrected chi connectivity index (χ0v) is 11.6. The minimum Gasteiger partial charge on any atom is -0.496 e. The Balaban J connectivity index is 2.34. The highest BCUT2D eigenvalue weighted by Gasteiger charge is 2.10. The third kappa shape index (κ3) is 2.84. The molecule has 0 unspecified atom stereocenters. The Labute approximate surface area is 113 Å². The molecule has 4 heteroatoms. The molecule has 0 aliphatic rings. The van der Waals surface area contributed by atoms with Gasteiger partial charge in [0.05, 0.1) is 7.11 Å². The van der Waals surface area contributed by atoms with E-state index in [4.69, 9.17) is 10.5 Å². The van der Waals surface area contributed by atoms with E-state index in [9.17, 15) is 0 Å². The minimum atomic E-state index is 0.583. The highest BCUT2D eigenvalue weighted by Crippen LogP contribution is 2.21. The lowest BCUT2D eigenvalue weighted by atomic mass is 10.1. The molecule has 4 nitrogen and oxygen atoms in total. The van der Waals surface area contributed by atoms with Crippen LogP contribution in [0.4, 0.5) is 5.82 Å². The standard InChI is InChI=1S/C15H19N3O/c1-4-12-10(2)17-14(18-15(12)16)9-11-7-5-6-8-13(11)19-3/h5-8H,4,9H2,1-3H3,(H2,16,17,18). The van der Waals surface area contributed by atoms with Gasteiger partial charge in [-0.05, 0) is 19.4 Å². The van der Waals surface area contributed by atoms with E-state index in [1.807, 2.05) is 31.2 Å². The number of nitrogens with two attached hydrogens (primary N) is 1. The normalized spacial score (nSPS) is 10.5. The van der Waals surface area contributed by atoms with Crippen LogP contribution in [0.3, 0.4) is 0 Å². The van der Waals surface area contributed by atoms with Crippen molar-refractivity contribution >= 4 is 5.82 Å². The van der Waals surface area contributed by atoms with Crippen LogP contribution in [0.2, 0.25) is 0 Å². The number of nitrogen functional groups attached to an aromatic ring is 1. The van der Waals surface area contributed by atoms with E-state index >= 15 is 0 Å². The van der Waals surface area contributed by atoms with E-state index in [0.29, 0.717) is 12.2 Å². The molecular formula is C15H19N3O. The maximum atomic E-state index is 5.97. The fraction of sp³-hybridized carbons (Fsp3) is 0.333. The maximum absolute atomic E-state index is 5.97. The second-order valence-corrected chi connectivity index (χ2v) is 4.43. The summed E-state index contributed by atoms with van der Waals surface area (Å²) >= 11 is 0. The molecule has 100 valence electrons. The minimum absolute atomic E-state index is 0.583. The van der Waals surface area contributed by atoms with Crippen molar-refractivity contribution in [2.24, 2.45) is 0 Å². The summed E-state index contributed by atoms with van der Waals surface area (Å²) < 4.78 is 5.34. The van der Waals surface area contributed by atoms with Crippen LogP contribution in [0.5, 0.6) is 5.75 Å². The third-order valence-corrected chi connectivity index (χ3v) is 3.19. The van der Waals surface area contributed by atoms with Gasteiger partial charge in [-0.3, -0.25) is 0 Å². The average molecular weight is 257 g/mol. The summed E-state index contributed by atoms with van der Waals surface area (Å²) in [5.41, 5.74) is 9.03. The Morgan fingerprint density at radius 3 is 2.58 bits per heavy atom. The lowest BCUT2D eigenvalue weighted by Crippen LogP contribution is -2.07. The monoisotopic (exact) mass is 257 g/mol. The maximum Gasteiger partial charge on any atom is 0.135 e. The predicted molar refractivity (Wildman–Crippen MR) is 76.4 cm³/mol. The molecule has 2 aromatic rings. The van der Waals surface area contributed by atoms with Gasteiger partial charge in [0.25, 0.3) is 0 Å². The van der Waals surface area contributed by atoms with Crippen LogP contribution in [0.1, 0.15) is 29.6 Å². The molecule has 1 aromatic heterocycles. The fourth-order valence-corrected chi connectivity index (χ4v) is 2.21. The molecule has 0 radical (unpaired) electrons. The molecule has 0 amide bonds. The van der Waals surface area contributed by atoms with Crippen LogP contribution < -0.4 is 10.5 Å². The van der Waals surface area contributed by atoms with Gasteiger partial charge in [-0.1, -0.05) is 25.1 Å². The van der Waals surface area contributed by atoms with Crippen molar-refractivity contribution in [3.8, 4) is 5.75 Å². The fourth-order valence-electron chi connectivity index (χ4n) is 2.21. The Hall–Kier alpha value is -2.10. The van der Waals surface area contributed by atoms with Gasteiger partial charge in [0.2, 0.25) is 0 Å². The van der Waals surface area contributed by atoms with Crippen molar-refractivity contribution in [3.05, 3.63) is 46.9 Å². The van der Waals surface area contributed by atoms with E-state index in [2.05, 4.69) is 16.9 Å². The summed E-state index contributed by atoms with van der Waals surface area (Å²) in [5.74, 6) is 2.17. The Morgan fingerprint density at radius 2 is 1.95 bits per heavy atom. The molecule has 0 saturated carbocycles. The Bertz CT molecular complexity index is 558. The number of anilines is 1. The van der Waals surface area contributed by atoms with Crippen LogP contribution in [-0.4, -0.2) is 17.1 Å². The first-order valence-electron chi connectivity index (χ1n) is 6.39. The molecule has 2 N–H and O–H groups in total. The van der Waals surface area contributed by atoms with Crippen molar-refractivity contribution in [2.45, 2.75) is 26.7 Å². The summed E-state index contributed by atoms with van der Waals surface area (Å²) in [6.07, 6.45) is 1.48. The van der Waals surface area contributed by atoms with Crippen LogP contribution in [0.15, 0.2) is 24.3 Å². The number of rotatable bonds is 4. The van der Waals surface area contributed by atoms with Gasteiger partial charge in [0, 0.05) is 23.2 Å². The van der Waals surface area contributed by atoms with Crippen LogP contribution in [0, 0.1) is 6.92 Å². The van der Waals surface area contributed by atoms with E-state index in [1.165, 1.54) is 0 Å². The van der Waals surface area contributed by atoms with Crippen molar-refractivity contribution in [1.29, 1.82) is 0 Å². The van der Waals surface area contributed by atoms with E-state index in [1.54, 1.807) is 7.11 Å². The molecule has 0 bridgehead atoms. The highest BCUT2D eigenvalue weighted by atomic mass is 16.5. The first kappa shape index (κ1) is 13.3. The van der Waals surface area contributed by atoms with Gasteiger partial charge >= 0.3 is 0 Å². The van der Waals surface area contributed by atoms with Crippen molar-refractivity contribution in [3.63, 3.8) is 0 Å². The number of aromatic nitrogens is 2. The number of aryl methyl sites for hydroxylation is 1. The number of para-hydroxylation sites is 1. The highest BCUT2D eigenvalue weighted by molar-refractivity contribution is 5.43. The van der Waals surface area contributed by atoms with Crippen LogP contribution in [-0.2, 0) is 12.8 Å². The first-order chi connectivity index (χ1) is 9.15. The van der Waals surface area contributed by atoms with Crippen molar-refractivity contribution in [2.75, 3.05) is 12.8 Å². The van der Waals surface area contributed by atoms with Gasteiger partial charge in [0.15, 0.2) is 0 Å². The number of hydrogen-bond donors (Lipinski definition) is 1. The smallest absolute Gasteiger partial charge is 0.135 e. The quantitative estimate of drug-likeness (QED) is 0.914. The second-order valence-electron chi connectivity index (χ2n) is 4.43. The largest absolute Gasteiger partial charge is 0.496 e. The van der Waals surface area contributed by atoms with Gasteiger partial charge in [-0.15, -0.1) is 0 Å². The first-order valence-corrected chi connectivity index (χ1v) is 6.39. The number of hydrogen-bond acceptors (Lipinski definition) is 4. The molecule has 0 aliphatic carbocycles. The summed E-state index contributed by atoms with van der Waals surface area (Å²) in [5, 5.41) is 0. The summed E-state index contributed by atoms with van der Waals surface area (Å²) in [6, 6.07) is 7.88. The zero-order chi connectivity index (χ0) is 13.8. The van der Waals surface area contributed by atoms with Crippen molar-refractivity contribution in [1.82, 2.24) is 9.97 Å². The number of methoxy groups -OCH3 is 1. The lowest BCUT2D eigenvalue weighted by molar-refractivity contribution is 0.410. The zero-order valence-electron chi connectivity index (χ0n) is 11.6. The number of nitrogens with zero attached hydrogens (tertiary/aromatic N) is 2. The van der Waals surface area contributed by atoms with Gasteiger partial charge in [0.1, 0.15) is 17.4 Å². The predicted octanol–water partition coefficient (Wildman–Crippen LogP) is 2.53. The topological polar surface area (TPSA) is 61.0 Å². The molecule has 19 heavy (non-hydrogen) atoms. The lowest BCUT2D eigenvalue weighted by Gasteiger charge is -2.10. The summed E-state index contributed by atoms with van der Waals surface area (Å²) in [4.78, 5) is 8.92. The van der Waals surface area contributed by atoms with E-state index in [-0.39, 0.29) is 0 Å². The number of benzene rings is 1.